The number of fused-ring (bicyclic) bond motifs is 1. The van der Waals surface area contributed by atoms with Crippen LogP contribution in [-0.4, -0.2) is 35.7 Å². The quantitative estimate of drug-likeness (QED) is 0.492. The van der Waals surface area contributed by atoms with Gasteiger partial charge in [-0.15, -0.1) is 0 Å². The van der Waals surface area contributed by atoms with E-state index in [0.29, 0.717) is 40.5 Å². The molecule has 1 heterocycles. The van der Waals surface area contributed by atoms with Crippen LogP contribution in [-0.2, 0) is 6.54 Å². The number of nitro groups is 1. The molecule has 3 rings (SSSR count). The lowest BCUT2D eigenvalue weighted by Gasteiger charge is -2.22. The number of nitrogens with zero attached hydrogens (tertiary/aromatic N) is 3. The highest BCUT2D eigenvalue weighted by Crippen LogP contribution is 2.31. The smallest absolute Gasteiger partial charge is 0.292 e. The Bertz CT molecular complexity index is 1080. The Balaban J connectivity index is 2.04. The molecule has 0 saturated heterocycles. The maximum atomic E-state index is 12.5. The van der Waals surface area contributed by atoms with Gasteiger partial charge in [-0.3, -0.25) is 14.9 Å². The molecule has 0 atom stereocenters. The first-order valence-corrected chi connectivity index (χ1v) is 8.61. The molecule has 0 aliphatic carbocycles. The van der Waals surface area contributed by atoms with Crippen molar-refractivity contribution in [3.63, 3.8) is 0 Å². The summed E-state index contributed by atoms with van der Waals surface area (Å²) in [7, 11) is 3.00. The van der Waals surface area contributed by atoms with Crippen molar-refractivity contribution in [1.82, 2.24) is 9.97 Å². The Morgan fingerprint density at radius 2 is 1.86 bits per heavy atom. The fourth-order valence-electron chi connectivity index (χ4n) is 3.02. The molecule has 2 aromatic carbocycles. The SMILES string of the molecule is CCN(Cc1nc2cc(OC)c(OC)cc2c(=O)[nH]1)c1ccccc1[N+](=O)[O-]. The number of methoxy groups -OCH3 is 2. The molecule has 146 valence electrons. The van der Waals surface area contributed by atoms with Crippen molar-refractivity contribution in [2.75, 3.05) is 25.7 Å². The molecule has 0 aliphatic rings. The van der Waals surface area contributed by atoms with Gasteiger partial charge in [0.25, 0.3) is 11.2 Å². The van der Waals surface area contributed by atoms with E-state index in [2.05, 4.69) is 9.97 Å². The zero-order valence-corrected chi connectivity index (χ0v) is 15.8. The second-order valence-corrected chi connectivity index (χ2v) is 6.00. The molecule has 0 bridgehead atoms. The molecular formula is C19H20N4O5. The topological polar surface area (TPSA) is 111 Å². The molecule has 9 heteroatoms. The lowest BCUT2D eigenvalue weighted by Crippen LogP contribution is -2.26. The van der Waals surface area contributed by atoms with E-state index in [1.165, 1.54) is 20.3 Å². The van der Waals surface area contributed by atoms with Gasteiger partial charge in [-0.1, -0.05) is 12.1 Å². The first kappa shape index (κ1) is 19.2. The zero-order chi connectivity index (χ0) is 20.3. The standard InChI is InChI=1S/C19H20N4O5/c1-4-22(14-7-5-6-8-15(14)23(25)26)11-18-20-13-10-17(28-3)16(27-2)9-12(13)19(24)21-18/h5-10H,4,11H2,1-3H3,(H,20,21,24). The van der Waals surface area contributed by atoms with Crippen molar-refractivity contribution >= 4 is 22.3 Å². The van der Waals surface area contributed by atoms with Crippen LogP contribution >= 0.6 is 0 Å². The number of benzene rings is 2. The Hall–Kier alpha value is -3.62. The van der Waals surface area contributed by atoms with Crippen LogP contribution in [0.15, 0.2) is 41.2 Å². The number of nitrogens with one attached hydrogen (secondary N) is 1. The maximum absolute atomic E-state index is 12.5. The number of H-pyrrole nitrogens is 1. The lowest BCUT2D eigenvalue weighted by molar-refractivity contribution is -0.384. The highest BCUT2D eigenvalue weighted by Gasteiger charge is 2.19. The van der Waals surface area contributed by atoms with Gasteiger partial charge < -0.3 is 19.4 Å². The predicted octanol–water partition coefficient (Wildman–Crippen LogP) is 2.88. The largest absolute Gasteiger partial charge is 0.493 e. The van der Waals surface area contributed by atoms with Gasteiger partial charge in [0.1, 0.15) is 11.5 Å². The van der Waals surface area contributed by atoms with Crippen molar-refractivity contribution in [1.29, 1.82) is 0 Å². The molecule has 1 aromatic heterocycles. The van der Waals surface area contributed by atoms with Crippen LogP contribution < -0.4 is 19.9 Å². The van der Waals surface area contributed by atoms with E-state index in [1.54, 1.807) is 35.2 Å². The molecule has 0 amide bonds. The number of ether oxygens (including phenoxy) is 2. The summed E-state index contributed by atoms with van der Waals surface area (Å²) in [6.07, 6.45) is 0. The van der Waals surface area contributed by atoms with Crippen LogP contribution in [0.3, 0.4) is 0 Å². The van der Waals surface area contributed by atoms with E-state index in [9.17, 15) is 14.9 Å². The van der Waals surface area contributed by atoms with Gasteiger partial charge in [0.2, 0.25) is 0 Å². The Morgan fingerprint density at radius 3 is 2.50 bits per heavy atom. The van der Waals surface area contributed by atoms with E-state index in [4.69, 9.17) is 9.47 Å². The number of aromatic nitrogens is 2. The minimum absolute atomic E-state index is 0.00103. The minimum atomic E-state index is -0.425. The maximum Gasteiger partial charge on any atom is 0.292 e. The number of nitro benzene ring substituents is 1. The number of hydrogen-bond donors (Lipinski definition) is 1. The van der Waals surface area contributed by atoms with Gasteiger partial charge in [-0.2, -0.15) is 0 Å². The zero-order valence-electron chi connectivity index (χ0n) is 15.8. The number of hydrogen-bond acceptors (Lipinski definition) is 7. The Labute approximate surface area is 160 Å². The lowest BCUT2D eigenvalue weighted by atomic mass is 10.2. The molecule has 0 aliphatic heterocycles. The first-order valence-electron chi connectivity index (χ1n) is 8.61. The predicted molar refractivity (Wildman–Crippen MR) is 105 cm³/mol. The second kappa shape index (κ2) is 7.95. The number of para-hydroxylation sites is 2. The third-order valence-electron chi connectivity index (χ3n) is 4.40. The Morgan fingerprint density at radius 1 is 1.18 bits per heavy atom. The average molecular weight is 384 g/mol. The van der Waals surface area contributed by atoms with Gasteiger partial charge in [0, 0.05) is 18.7 Å². The molecule has 9 nitrogen and oxygen atoms in total. The van der Waals surface area contributed by atoms with Gasteiger partial charge in [0.15, 0.2) is 11.5 Å². The first-order chi connectivity index (χ1) is 13.5. The van der Waals surface area contributed by atoms with E-state index < -0.39 is 4.92 Å². The highest BCUT2D eigenvalue weighted by molar-refractivity contribution is 5.81. The van der Waals surface area contributed by atoms with Crippen molar-refractivity contribution in [2.45, 2.75) is 13.5 Å². The van der Waals surface area contributed by atoms with Crippen LogP contribution in [0.1, 0.15) is 12.7 Å². The van der Waals surface area contributed by atoms with Crippen LogP contribution in [0.5, 0.6) is 11.5 Å². The summed E-state index contributed by atoms with van der Waals surface area (Å²) in [5.74, 6) is 1.29. The van der Waals surface area contributed by atoms with Gasteiger partial charge >= 0.3 is 0 Å². The van der Waals surface area contributed by atoms with Crippen LogP contribution in [0, 0.1) is 10.1 Å². The third kappa shape index (κ3) is 3.59. The molecule has 0 saturated carbocycles. The number of anilines is 1. The molecule has 3 aromatic rings. The van der Waals surface area contributed by atoms with Crippen molar-refractivity contribution in [3.05, 3.63) is 62.7 Å². The second-order valence-electron chi connectivity index (χ2n) is 6.00. The molecule has 0 spiro atoms. The van der Waals surface area contributed by atoms with Crippen LogP contribution in [0.4, 0.5) is 11.4 Å². The molecule has 1 N–H and O–H groups in total. The van der Waals surface area contributed by atoms with Crippen LogP contribution in [0.25, 0.3) is 10.9 Å². The summed E-state index contributed by atoms with van der Waals surface area (Å²) in [6, 6.07) is 9.68. The summed E-state index contributed by atoms with van der Waals surface area (Å²) in [5, 5.41) is 11.7. The van der Waals surface area contributed by atoms with E-state index >= 15 is 0 Å². The number of aromatic amines is 1. The van der Waals surface area contributed by atoms with Gasteiger partial charge in [0.05, 0.1) is 36.6 Å². The fourth-order valence-corrected chi connectivity index (χ4v) is 3.02. The van der Waals surface area contributed by atoms with Gasteiger partial charge in [-0.05, 0) is 19.1 Å². The summed E-state index contributed by atoms with van der Waals surface area (Å²) in [5.41, 5.74) is 0.596. The molecular weight excluding hydrogens is 364 g/mol. The minimum Gasteiger partial charge on any atom is -0.493 e. The highest BCUT2D eigenvalue weighted by atomic mass is 16.6. The summed E-state index contributed by atoms with van der Waals surface area (Å²) < 4.78 is 10.5. The number of rotatable bonds is 7. The molecule has 0 fully saturated rings. The fraction of sp³-hybridized carbons (Fsp3) is 0.263. The molecule has 0 unspecified atom stereocenters. The van der Waals surface area contributed by atoms with E-state index in [1.807, 2.05) is 6.92 Å². The van der Waals surface area contributed by atoms with E-state index in [0.717, 1.165) is 0 Å². The summed E-state index contributed by atoms with van der Waals surface area (Å²) >= 11 is 0. The third-order valence-corrected chi connectivity index (χ3v) is 4.40. The monoisotopic (exact) mass is 384 g/mol. The van der Waals surface area contributed by atoms with Gasteiger partial charge in [-0.25, -0.2) is 4.98 Å². The van der Waals surface area contributed by atoms with Crippen molar-refractivity contribution < 1.29 is 14.4 Å². The summed E-state index contributed by atoms with van der Waals surface area (Å²) in [4.78, 5) is 32.5. The molecule has 0 radical (unpaired) electrons. The normalized spacial score (nSPS) is 10.7. The Kier molecular flexibility index (Phi) is 5.44. The van der Waals surface area contributed by atoms with Crippen LogP contribution in [0.2, 0.25) is 0 Å². The molecule has 28 heavy (non-hydrogen) atoms. The summed E-state index contributed by atoms with van der Waals surface area (Å²) in [6.45, 7) is 2.59. The average Bonchev–Trinajstić information content (AvgIpc) is 2.71. The van der Waals surface area contributed by atoms with Crippen molar-refractivity contribution in [3.8, 4) is 11.5 Å². The van der Waals surface area contributed by atoms with Crippen molar-refractivity contribution in [2.24, 2.45) is 0 Å². The van der Waals surface area contributed by atoms with E-state index in [-0.39, 0.29) is 17.8 Å².